The molecule has 0 unspecified atom stereocenters. The molecule has 0 aromatic heterocycles. The maximum Gasteiger partial charge on any atom is 0.0367 e. The Hall–Kier alpha value is -1.18. The largest absolute Gasteiger partial charge is 0.398 e. The second kappa shape index (κ2) is 4.56. The second-order valence-corrected chi connectivity index (χ2v) is 4.39. The quantitative estimate of drug-likeness (QED) is 0.742. The Labute approximate surface area is 91.9 Å². The first-order valence-electron chi connectivity index (χ1n) is 5.94. The number of anilines is 2. The van der Waals surface area contributed by atoms with E-state index in [-0.39, 0.29) is 0 Å². The Morgan fingerprint density at radius 1 is 1.33 bits per heavy atom. The summed E-state index contributed by atoms with van der Waals surface area (Å²) in [5.74, 6) is 0. The average molecular weight is 204 g/mol. The van der Waals surface area contributed by atoms with E-state index >= 15 is 0 Å². The van der Waals surface area contributed by atoms with E-state index in [0.717, 1.165) is 12.1 Å². The van der Waals surface area contributed by atoms with Gasteiger partial charge >= 0.3 is 0 Å². The van der Waals surface area contributed by atoms with Gasteiger partial charge in [-0.1, -0.05) is 25.8 Å². The van der Waals surface area contributed by atoms with Crippen LogP contribution in [0.2, 0.25) is 0 Å². The minimum absolute atomic E-state index is 0.664. The number of hydrogen-bond donors (Lipinski definition) is 2. The van der Waals surface area contributed by atoms with E-state index in [1.807, 2.05) is 0 Å². The number of hydrogen-bond acceptors (Lipinski definition) is 2. The predicted molar refractivity (Wildman–Crippen MR) is 66.1 cm³/mol. The molecule has 82 valence electrons. The highest BCUT2D eigenvalue weighted by Crippen LogP contribution is 2.24. The third kappa shape index (κ3) is 2.44. The lowest BCUT2D eigenvalue weighted by molar-refractivity contribution is 0.755. The molecule has 2 rings (SSSR count). The molecule has 0 heterocycles. The fourth-order valence-electron chi connectivity index (χ4n) is 2.31. The van der Waals surface area contributed by atoms with Gasteiger partial charge in [0.1, 0.15) is 0 Å². The molecule has 0 aliphatic heterocycles. The summed E-state index contributed by atoms with van der Waals surface area (Å²) in [6, 6.07) is 7.01. The van der Waals surface area contributed by atoms with Crippen LogP contribution < -0.4 is 11.1 Å². The van der Waals surface area contributed by atoms with E-state index in [0.29, 0.717) is 6.04 Å². The predicted octanol–water partition coefficient (Wildman–Crippen LogP) is 3.19. The highest BCUT2D eigenvalue weighted by Gasteiger charge is 2.14. The zero-order valence-electron chi connectivity index (χ0n) is 9.42. The zero-order valence-corrected chi connectivity index (χ0v) is 9.42. The lowest BCUT2D eigenvalue weighted by atomic mass is 10.1. The molecule has 0 bridgehead atoms. The van der Waals surface area contributed by atoms with Crippen molar-refractivity contribution < 1.29 is 0 Å². The van der Waals surface area contributed by atoms with Crippen LogP contribution in [0.15, 0.2) is 18.2 Å². The van der Waals surface area contributed by atoms with Crippen molar-refractivity contribution >= 4 is 11.4 Å². The van der Waals surface area contributed by atoms with Gasteiger partial charge in [-0.05, 0) is 37.0 Å². The second-order valence-electron chi connectivity index (χ2n) is 4.39. The normalized spacial score (nSPS) is 16.9. The summed E-state index contributed by atoms with van der Waals surface area (Å²) in [4.78, 5) is 0. The molecular weight excluding hydrogens is 184 g/mol. The first-order valence-corrected chi connectivity index (χ1v) is 5.94. The lowest BCUT2D eigenvalue weighted by Crippen LogP contribution is -2.14. The van der Waals surface area contributed by atoms with Crippen molar-refractivity contribution in [2.24, 2.45) is 0 Å². The first-order chi connectivity index (χ1) is 7.29. The smallest absolute Gasteiger partial charge is 0.0367 e. The molecule has 2 heteroatoms. The number of rotatable bonds is 3. The van der Waals surface area contributed by atoms with E-state index in [1.165, 1.54) is 36.9 Å². The van der Waals surface area contributed by atoms with Crippen LogP contribution >= 0.6 is 0 Å². The van der Waals surface area contributed by atoms with Gasteiger partial charge in [0.15, 0.2) is 0 Å². The summed E-state index contributed by atoms with van der Waals surface area (Å²) < 4.78 is 0. The van der Waals surface area contributed by atoms with Gasteiger partial charge in [0.2, 0.25) is 0 Å². The fraction of sp³-hybridized carbons (Fsp3) is 0.538. The maximum absolute atomic E-state index is 5.97. The van der Waals surface area contributed by atoms with Crippen LogP contribution in [-0.4, -0.2) is 6.04 Å². The van der Waals surface area contributed by atoms with Crippen LogP contribution in [0, 0.1) is 0 Å². The molecule has 0 spiro atoms. The molecule has 1 aliphatic rings. The van der Waals surface area contributed by atoms with Crippen LogP contribution in [0.3, 0.4) is 0 Å². The van der Waals surface area contributed by atoms with E-state index in [2.05, 4.69) is 30.4 Å². The molecule has 0 saturated heterocycles. The molecule has 1 fully saturated rings. The van der Waals surface area contributed by atoms with Crippen molar-refractivity contribution in [3.8, 4) is 0 Å². The topological polar surface area (TPSA) is 38.0 Å². The third-order valence-corrected chi connectivity index (χ3v) is 3.25. The molecule has 0 atom stereocenters. The Morgan fingerprint density at radius 3 is 2.67 bits per heavy atom. The molecule has 2 nitrogen and oxygen atoms in total. The van der Waals surface area contributed by atoms with Gasteiger partial charge in [0.25, 0.3) is 0 Å². The number of nitrogens with two attached hydrogens (primary N) is 1. The van der Waals surface area contributed by atoms with Gasteiger partial charge in [-0.15, -0.1) is 0 Å². The van der Waals surface area contributed by atoms with Crippen molar-refractivity contribution in [3.05, 3.63) is 23.8 Å². The SMILES string of the molecule is CCc1ccc(NC2CCCC2)cc1N. The number of aryl methyl sites for hydroxylation is 1. The Kier molecular flexibility index (Phi) is 3.14. The van der Waals surface area contributed by atoms with E-state index in [1.54, 1.807) is 0 Å². The highest BCUT2D eigenvalue weighted by molar-refractivity contribution is 5.59. The number of nitrogens with one attached hydrogen (secondary N) is 1. The number of benzene rings is 1. The van der Waals surface area contributed by atoms with Crippen LogP contribution in [-0.2, 0) is 6.42 Å². The van der Waals surface area contributed by atoms with Crippen molar-refractivity contribution in [2.75, 3.05) is 11.1 Å². The van der Waals surface area contributed by atoms with Gasteiger partial charge < -0.3 is 11.1 Å². The molecule has 1 saturated carbocycles. The van der Waals surface area contributed by atoms with E-state index < -0.39 is 0 Å². The maximum atomic E-state index is 5.97. The molecule has 1 aromatic carbocycles. The van der Waals surface area contributed by atoms with Crippen molar-refractivity contribution in [3.63, 3.8) is 0 Å². The van der Waals surface area contributed by atoms with Crippen molar-refractivity contribution in [1.29, 1.82) is 0 Å². The summed E-state index contributed by atoms with van der Waals surface area (Å²) in [6.45, 7) is 2.13. The van der Waals surface area contributed by atoms with Crippen LogP contribution in [0.25, 0.3) is 0 Å². The molecule has 15 heavy (non-hydrogen) atoms. The van der Waals surface area contributed by atoms with Crippen LogP contribution in [0.5, 0.6) is 0 Å². The molecule has 1 aliphatic carbocycles. The van der Waals surface area contributed by atoms with Gasteiger partial charge in [-0.25, -0.2) is 0 Å². The molecule has 3 N–H and O–H groups in total. The third-order valence-electron chi connectivity index (χ3n) is 3.25. The lowest BCUT2D eigenvalue weighted by Gasteiger charge is -2.14. The van der Waals surface area contributed by atoms with Crippen LogP contribution in [0.4, 0.5) is 11.4 Å². The monoisotopic (exact) mass is 204 g/mol. The molecule has 1 aromatic rings. The van der Waals surface area contributed by atoms with E-state index in [9.17, 15) is 0 Å². The summed E-state index contributed by atoms with van der Waals surface area (Å²) in [6.07, 6.45) is 6.33. The Morgan fingerprint density at radius 2 is 2.07 bits per heavy atom. The fourth-order valence-corrected chi connectivity index (χ4v) is 2.31. The summed E-state index contributed by atoms with van der Waals surface area (Å²) in [5.41, 5.74) is 9.30. The first kappa shape index (κ1) is 10.3. The van der Waals surface area contributed by atoms with E-state index in [4.69, 9.17) is 5.73 Å². The average Bonchev–Trinajstić information content (AvgIpc) is 2.71. The zero-order chi connectivity index (χ0) is 10.7. The molecule has 0 amide bonds. The minimum atomic E-state index is 0.664. The highest BCUT2D eigenvalue weighted by atomic mass is 14.9. The molecular formula is C13H20N2. The Bertz CT molecular complexity index is 327. The summed E-state index contributed by atoms with van der Waals surface area (Å²) in [5, 5.41) is 3.55. The molecule has 0 radical (unpaired) electrons. The summed E-state index contributed by atoms with van der Waals surface area (Å²) >= 11 is 0. The van der Waals surface area contributed by atoms with Crippen molar-refractivity contribution in [1.82, 2.24) is 0 Å². The minimum Gasteiger partial charge on any atom is -0.398 e. The van der Waals surface area contributed by atoms with Gasteiger partial charge in [0.05, 0.1) is 0 Å². The van der Waals surface area contributed by atoms with Crippen molar-refractivity contribution in [2.45, 2.75) is 45.1 Å². The Balaban J connectivity index is 2.05. The van der Waals surface area contributed by atoms with Gasteiger partial charge in [-0.2, -0.15) is 0 Å². The number of nitrogen functional groups attached to an aromatic ring is 1. The summed E-state index contributed by atoms with van der Waals surface area (Å²) in [7, 11) is 0. The van der Waals surface area contributed by atoms with Gasteiger partial charge in [0, 0.05) is 17.4 Å². The van der Waals surface area contributed by atoms with Crippen LogP contribution in [0.1, 0.15) is 38.2 Å². The van der Waals surface area contributed by atoms with Gasteiger partial charge in [-0.3, -0.25) is 0 Å². The standard InChI is InChI=1S/C13H20N2/c1-2-10-7-8-12(9-13(10)14)15-11-5-3-4-6-11/h7-9,11,15H,2-6,14H2,1H3.